The fourth-order valence-electron chi connectivity index (χ4n) is 3.36. The summed E-state index contributed by atoms with van der Waals surface area (Å²) in [4.78, 5) is 30.5. The van der Waals surface area contributed by atoms with Crippen molar-refractivity contribution in [3.63, 3.8) is 0 Å². The molecule has 160 valence electrons. The summed E-state index contributed by atoms with van der Waals surface area (Å²) in [6, 6.07) is 12.2. The van der Waals surface area contributed by atoms with E-state index in [1.165, 1.54) is 19.2 Å². The minimum Gasteiger partial charge on any atom is -0.465 e. The minimum absolute atomic E-state index is 0.237. The van der Waals surface area contributed by atoms with Gasteiger partial charge >= 0.3 is 12.0 Å². The molecule has 1 aromatic heterocycles. The van der Waals surface area contributed by atoms with Crippen LogP contribution in [0.5, 0.6) is 0 Å². The molecule has 1 fully saturated rings. The highest BCUT2D eigenvalue weighted by Gasteiger charge is 2.15. The summed E-state index contributed by atoms with van der Waals surface area (Å²) in [5.74, 6) is -0.348. The molecule has 2 aromatic carbocycles. The van der Waals surface area contributed by atoms with Crippen LogP contribution >= 0.6 is 0 Å². The Morgan fingerprint density at radius 1 is 1.06 bits per heavy atom. The Hall–Kier alpha value is -3.72. The second-order valence-corrected chi connectivity index (χ2v) is 6.95. The summed E-state index contributed by atoms with van der Waals surface area (Å²) >= 11 is 0. The highest BCUT2D eigenvalue weighted by molar-refractivity contribution is 6.02. The van der Waals surface area contributed by atoms with Crippen molar-refractivity contribution in [3.05, 3.63) is 59.9 Å². The molecule has 0 atom stereocenters. The van der Waals surface area contributed by atoms with Gasteiger partial charge in [-0.15, -0.1) is 0 Å². The molecular weight excluding hydrogens is 403 g/mol. The van der Waals surface area contributed by atoms with Crippen LogP contribution in [-0.4, -0.2) is 50.4 Å². The van der Waals surface area contributed by atoms with E-state index in [-0.39, 0.29) is 11.2 Å². The first-order valence-electron chi connectivity index (χ1n) is 9.73. The molecule has 0 radical (unpaired) electrons. The summed E-state index contributed by atoms with van der Waals surface area (Å²) in [5.41, 5.74) is 1.23. The molecule has 4 rings (SSSR count). The number of methoxy groups -OCH3 is 1. The van der Waals surface area contributed by atoms with E-state index in [1.54, 1.807) is 30.3 Å². The predicted octanol–water partition coefficient (Wildman–Crippen LogP) is 3.64. The Kier molecular flexibility index (Phi) is 5.94. The number of amides is 2. The number of anilines is 3. The van der Waals surface area contributed by atoms with E-state index in [4.69, 9.17) is 4.74 Å². The Morgan fingerprint density at radius 3 is 2.61 bits per heavy atom. The van der Waals surface area contributed by atoms with Gasteiger partial charge in [0, 0.05) is 29.9 Å². The van der Waals surface area contributed by atoms with Crippen LogP contribution in [0.2, 0.25) is 0 Å². The number of aromatic nitrogens is 1. The molecule has 2 amide bonds. The van der Waals surface area contributed by atoms with Crippen molar-refractivity contribution in [1.29, 1.82) is 0 Å². The van der Waals surface area contributed by atoms with Crippen molar-refractivity contribution in [3.8, 4) is 0 Å². The number of morpholine rings is 1. The van der Waals surface area contributed by atoms with Crippen molar-refractivity contribution in [2.75, 3.05) is 48.9 Å². The Morgan fingerprint density at radius 2 is 1.84 bits per heavy atom. The third-order valence-electron chi connectivity index (χ3n) is 4.87. The zero-order valence-corrected chi connectivity index (χ0v) is 16.9. The van der Waals surface area contributed by atoms with Gasteiger partial charge in [0.05, 0.1) is 25.9 Å². The zero-order chi connectivity index (χ0) is 21.8. The highest BCUT2D eigenvalue weighted by Crippen LogP contribution is 2.25. The maximum atomic E-state index is 14.7. The third kappa shape index (κ3) is 4.72. The largest absolute Gasteiger partial charge is 0.465 e. The molecule has 3 aromatic rings. The number of carbonyl (C=O) groups is 2. The van der Waals surface area contributed by atoms with Gasteiger partial charge in [0.1, 0.15) is 11.3 Å². The summed E-state index contributed by atoms with van der Waals surface area (Å²) < 4.78 is 24.7. The zero-order valence-electron chi connectivity index (χ0n) is 16.9. The molecule has 0 aliphatic carbocycles. The number of halogens is 1. The van der Waals surface area contributed by atoms with Crippen LogP contribution in [0.25, 0.3) is 10.9 Å². The quantitative estimate of drug-likeness (QED) is 0.622. The number of nitrogens with one attached hydrogen (secondary N) is 2. The maximum Gasteiger partial charge on any atom is 0.337 e. The lowest BCUT2D eigenvalue weighted by atomic mass is 10.2. The molecule has 0 saturated carbocycles. The van der Waals surface area contributed by atoms with Crippen LogP contribution in [-0.2, 0) is 9.47 Å². The second kappa shape index (κ2) is 8.97. The first-order valence-corrected chi connectivity index (χ1v) is 9.73. The number of rotatable bonds is 4. The number of urea groups is 1. The standard InChI is InChI=1S/C22H21FN4O4/c1-30-21(28)15-3-2-4-16(12-15)24-22(29)25-17-11-14-5-6-19(26-20(14)18(23)13-17)27-7-9-31-10-8-27/h2-6,11-13H,7-10H2,1H3,(H2,24,25,29). The Balaban J connectivity index is 1.49. The van der Waals surface area contributed by atoms with Gasteiger partial charge in [-0.3, -0.25) is 0 Å². The van der Waals surface area contributed by atoms with Crippen molar-refractivity contribution in [2.45, 2.75) is 0 Å². The van der Waals surface area contributed by atoms with E-state index in [1.807, 2.05) is 11.0 Å². The molecule has 1 saturated heterocycles. The maximum absolute atomic E-state index is 14.7. The molecule has 9 heteroatoms. The predicted molar refractivity (Wildman–Crippen MR) is 115 cm³/mol. The summed E-state index contributed by atoms with van der Waals surface area (Å²) in [7, 11) is 1.28. The number of pyridine rings is 1. The van der Waals surface area contributed by atoms with Crippen LogP contribution < -0.4 is 15.5 Å². The number of carbonyl (C=O) groups excluding carboxylic acids is 2. The average molecular weight is 424 g/mol. The number of hydrogen-bond donors (Lipinski definition) is 2. The number of nitrogens with zero attached hydrogens (tertiary/aromatic N) is 2. The van der Waals surface area contributed by atoms with E-state index in [2.05, 4.69) is 20.4 Å². The average Bonchev–Trinajstić information content (AvgIpc) is 2.79. The van der Waals surface area contributed by atoms with Gasteiger partial charge in [-0.25, -0.2) is 19.0 Å². The van der Waals surface area contributed by atoms with Crippen molar-refractivity contribution in [1.82, 2.24) is 4.98 Å². The topological polar surface area (TPSA) is 92.8 Å². The molecule has 0 spiro atoms. The van der Waals surface area contributed by atoms with Crippen LogP contribution in [0.1, 0.15) is 10.4 Å². The van der Waals surface area contributed by atoms with Crippen molar-refractivity contribution < 1.29 is 23.5 Å². The van der Waals surface area contributed by atoms with Crippen LogP contribution in [0.4, 0.5) is 26.4 Å². The number of ether oxygens (including phenoxy) is 2. The molecular formula is C22H21FN4O4. The first kappa shape index (κ1) is 20.5. The highest BCUT2D eigenvalue weighted by atomic mass is 19.1. The monoisotopic (exact) mass is 424 g/mol. The first-order chi connectivity index (χ1) is 15.0. The minimum atomic E-state index is -0.571. The number of hydrogen-bond acceptors (Lipinski definition) is 6. The van der Waals surface area contributed by atoms with Gasteiger partial charge in [-0.05, 0) is 42.5 Å². The van der Waals surface area contributed by atoms with Gasteiger partial charge in [0.15, 0.2) is 5.82 Å². The SMILES string of the molecule is COC(=O)c1cccc(NC(=O)Nc2cc(F)c3nc(N4CCOCC4)ccc3c2)c1. The van der Waals surface area contributed by atoms with E-state index < -0.39 is 17.8 Å². The van der Waals surface area contributed by atoms with Gasteiger partial charge in [-0.2, -0.15) is 0 Å². The van der Waals surface area contributed by atoms with E-state index in [9.17, 15) is 14.0 Å². The van der Waals surface area contributed by atoms with Crippen LogP contribution in [0, 0.1) is 5.82 Å². The summed E-state index contributed by atoms with van der Waals surface area (Å²) in [6.07, 6.45) is 0. The lowest BCUT2D eigenvalue weighted by molar-refractivity contribution is 0.0600. The number of benzene rings is 2. The molecule has 8 nitrogen and oxygen atoms in total. The molecule has 31 heavy (non-hydrogen) atoms. The molecule has 1 aliphatic rings. The molecule has 1 aliphatic heterocycles. The van der Waals surface area contributed by atoms with Gasteiger partial charge in [-0.1, -0.05) is 6.07 Å². The molecule has 2 N–H and O–H groups in total. The Bertz CT molecular complexity index is 1130. The van der Waals surface area contributed by atoms with Gasteiger partial charge < -0.3 is 25.0 Å². The lowest BCUT2D eigenvalue weighted by Gasteiger charge is -2.28. The lowest BCUT2D eigenvalue weighted by Crippen LogP contribution is -2.36. The van der Waals surface area contributed by atoms with E-state index >= 15 is 0 Å². The number of fused-ring (bicyclic) bond motifs is 1. The van der Waals surface area contributed by atoms with E-state index in [0.717, 1.165) is 0 Å². The van der Waals surface area contributed by atoms with Gasteiger partial charge in [0.2, 0.25) is 0 Å². The molecule has 2 heterocycles. The fourth-order valence-corrected chi connectivity index (χ4v) is 3.36. The van der Waals surface area contributed by atoms with Crippen molar-refractivity contribution >= 4 is 40.1 Å². The van der Waals surface area contributed by atoms with Crippen LogP contribution in [0.3, 0.4) is 0 Å². The summed E-state index contributed by atoms with van der Waals surface area (Å²) in [5, 5.41) is 5.79. The van der Waals surface area contributed by atoms with E-state index in [0.29, 0.717) is 48.8 Å². The van der Waals surface area contributed by atoms with Crippen molar-refractivity contribution in [2.24, 2.45) is 0 Å². The molecule has 0 bridgehead atoms. The second-order valence-electron chi connectivity index (χ2n) is 6.95. The smallest absolute Gasteiger partial charge is 0.337 e. The third-order valence-corrected chi connectivity index (χ3v) is 4.87. The fraction of sp³-hybridized carbons (Fsp3) is 0.227. The number of esters is 1. The summed E-state index contributed by atoms with van der Waals surface area (Å²) in [6.45, 7) is 2.64. The normalized spacial score (nSPS) is 13.7. The molecule has 0 unspecified atom stereocenters. The Labute approximate surface area is 178 Å². The van der Waals surface area contributed by atoms with Crippen LogP contribution in [0.15, 0.2) is 48.5 Å². The van der Waals surface area contributed by atoms with Gasteiger partial charge in [0.25, 0.3) is 0 Å².